The van der Waals surface area contributed by atoms with Crippen molar-refractivity contribution >= 4 is 41.2 Å². The summed E-state index contributed by atoms with van der Waals surface area (Å²) in [5.74, 6) is -0.312. The van der Waals surface area contributed by atoms with Gasteiger partial charge in [0, 0.05) is 15.6 Å². The van der Waals surface area contributed by atoms with Gasteiger partial charge in [0.15, 0.2) is 0 Å². The number of hydrogen-bond donors (Lipinski definition) is 2. The number of hydrogen-bond acceptors (Lipinski definition) is 5. The molecule has 2 amide bonds. The molecule has 0 saturated carbocycles. The molecule has 0 saturated heterocycles. The Kier molecular flexibility index (Phi) is 5.95. The summed E-state index contributed by atoms with van der Waals surface area (Å²) in [6.07, 6.45) is 2.74. The maximum atomic E-state index is 11.7. The van der Waals surface area contributed by atoms with Crippen LogP contribution in [-0.2, 0) is 16.1 Å². The number of nitrogens with zero attached hydrogens (tertiary/aromatic N) is 1. The van der Waals surface area contributed by atoms with Gasteiger partial charge in [-0.1, -0.05) is 23.2 Å². The van der Waals surface area contributed by atoms with Gasteiger partial charge < -0.3 is 14.2 Å². The molecule has 7 nitrogen and oxygen atoms in total. The van der Waals surface area contributed by atoms with E-state index in [2.05, 4.69) is 15.8 Å². The first kappa shape index (κ1) is 18.8. The summed E-state index contributed by atoms with van der Waals surface area (Å²) in [6.45, 7) is 0.104. The first-order valence-electron chi connectivity index (χ1n) is 7.71. The lowest BCUT2D eigenvalue weighted by atomic mass is 10.2. The molecule has 2 aromatic heterocycles. The highest BCUT2D eigenvalue weighted by Gasteiger charge is 2.12. The summed E-state index contributed by atoms with van der Waals surface area (Å²) in [5.41, 5.74) is 2.82. The van der Waals surface area contributed by atoms with Gasteiger partial charge >= 0.3 is 11.8 Å². The van der Waals surface area contributed by atoms with E-state index in [9.17, 15) is 9.59 Å². The number of nitrogens with one attached hydrogen (secondary N) is 2. The zero-order valence-electron chi connectivity index (χ0n) is 13.7. The summed E-state index contributed by atoms with van der Waals surface area (Å²) >= 11 is 11.9. The van der Waals surface area contributed by atoms with Crippen LogP contribution in [0.4, 0.5) is 0 Å². The molecule has 0 spiro atoms. The van der Waals surface area contributed by atoms with Crippen molar-refractivity contribution in [3.8, 4) is 11.3 Å². The van der Waals surface area contributed by atoms with E-state index >= 15 is 0 Å². The second kappa shape index (κ2) is 8.57. The second-order valence-corrected chi connectivity index (χ2v) is 6.19. The molecule has 0 aliphatic heterocycles. The summed E-state index contributed by atoms with van der Waals surface area (Å²) < 4.78 is 10.6. The highest BCUT2D eigenvalue weighted by Crippen LogP contribution is 2.28. The maximum Gasteiger partial charge on any atom is 0.329 e. The van der Waals surface area contributed by atoms with Gasteiger partial charge in [-0.15, -0.1) is 0 Å². The molecule has 3 aromatic rings. The summed E-state index contributed by atoms with van der Waals surface area (Å²) in [7, 11) is 0. The number of rotatable bonds is 5. The minimum absolute atomic E-state index is 0.104. The fourth-order valence-corrected chi connectivity index (χ4v) is 2.67. The fraction of sp³-hybridized carbons (Fsp3) is 0.0556. The Morgan fingerprint density at radius 3 is 2.56 bits per heavy atom. The summed E-state index contributed by atoms with van der Waals surface area (Å²) in [4.78, 5) is 23.3. The smallest absolute Gasteiger partial charge is 0.329 e. The Hall–Kier alpha value is -3.03. The number of hydrazone groups is 1. The van der Waals surface area contributed by atoms with Crippen LogP contribution in [-0.4, -0.2) is 18.0 Å². The Labute approximate surface area is 163 Å². The Morgan fingerprint density at radius 2 is 1.85 bits per heavy atom. The average molecular weight is 406 g/mol. The van der Waals surface area contributed by atoms with E-state index in [-0.39, 0.29) is 6.54 Å². The molecule has 0 unspecified atom stereocenters. The molecule has 2 heterocycles. The van der Waals surface area contributed by atoms with E-state index < -0.39 is 11.8 Å². The average Bonchev–Trinajstić information content (AvgIpc) is 3.30. The molecule has 27 heavy (non-hydrogen) atoms. The molecule has 0 radical (unpaired) electrons. The zero-order valence-corrected chi connectivity index (χ0v) is 15.3. The quantitative estimate of drug-likeness (QED) is 0.384. The topological polar surface area (TPSA) is 96.8 Å². The van der Waals surface area contributed by atoms with Crippen LogP contribution in [0.25, 0.3) is 11.3 Å². The zero-order chi connectivity index (χ0) is 19.2. The Balaban J connectivity index is 1.54. The molecule has 2 N–H and O–H groups in total. The van der Waals surface area contributed by atoms with Gasteiger partial charge in [0.1, 0.15) is 17.3 Å². The SMILES string of the molecule is O=C(NCc1ccco1)C(=O)N/N=C\c1ccc(-c2cc(Cl)cc(Cl)c2)o1. The van der Waals surface area contributed by atoms with E-state index in [1.807, 2.05) is 0 Å². The van der Waals surface area contributed by atoms with Crippen LogP contribution in [0, 0.1) is 0 Å². The molecule has 138 valence electrons. The van der Waals surface area contributed by atoms with E-state index in [0.717, 1.165) is 0 Å². The number of carbonyl (C=O) groups excluding carboxylic acids is 2. The molecule has 0 atom stereocenters. The van der Waals surface area contributed by atoms with Crippen LogP contribution in [0.3, 0.4) is 0 Å². The number of benzene rings is 1. The molecular weight excluding hydrogens is 393 g/mol. The standard InChI is InChI=1S/C18H13Cl2N3O4/c19-12-6-11(7-13(20)8-12)16-4-3-15(27-16)10-22-23-18(25)17(24)21-9-14-2-1-5-26-14/h1-8,10H,9H2,(H,21,24)(H,23,25)/b22-10-. The van der Waals surface area contributed by atoms with Crippen molar-refractivity contribution in [2.75, 3.05) is 0 Å². The van der Waals surface area contributed by atoms with Gasteiger partial charge in [-0.2, -0.15) is 5.10 Å². The predicted octanol–water partition coefficient (Wildman–Crippen LogP) is 3.61. The lowest BCUT2D eigenvalue weighted by molar-refractivity contribution is -0.139. The second-order valence-electron chi connectivity index (χ2n) is 5.32. The van der Waals surface area contributed by atoms with Crippen LogP contribution in [0.5, 0.6) is 0 Å². The van der Waals surface area contributed by atoms with Crippen LogP contribution >= 0.6 is 23.2 Å². The summed E-state index contributed by atoms with van der Waals surface area (Å²) in [6, 6.07) is 11.7. The van der Waals surface area contributed by atoms with Crippen LogP contribution in [0.2, 0.25) is 10.0 Å². The Morgan fingerprint density at radius 1 is 1.07 bits per heavy atom. The number of amides is 2. The van der Waals surface area contributed by atoms with Gasteiger partial charge in [0.25, 0.3) is 0 Å². The first-order valence-corrected chi connectivity index (χ1v) is 8.47. The van der Waals surface area contributed by atoms with Crippen molar-refractivity contribution < 1.29 is 18.4 Å². The number of furan rings is 2. The van der Waals surface area contributed by atoms with Gasteiger partial charge in [-0.05, 0) is 42.5 Å². The molecule has 0 aliphatic rings. The van der Waals surface area contributed by atoms with Crippen LogP contribution < -0.4 is 10.7 Å². The first-order chi connectivity index (χ1) is 13.0. The molecule has 1 aromatic carbocycles. The third kappa shape index (κ3) is 5.22. The molecule has 0 bridgehead atoms. The highest BCUT2D eigenvalue weighted by atomic mass is 35.5. The molecule has 0 fully saturated rings. The van der Waals surface area contributed by atoms with Crippen molar-refractivity contribution in [1.29, 1.82) is 0 Å². The monoisotopic (exact) mass is 405 g/mol. The molecule has 9 heteroatoms. The maximum absolute atomic E-state index is 11.7. The van der Waals surface area contributed by atoms with Crippen molar-refractivity contribution in [2.24, 2.45) is 5.10 Å². The fourth-order valence-electron chi connectivity index (χ4n) is 2.14. The third-order valence-corrected chi connectivity index (χ3v) is 3.78. The lowest BCUT2D eigenvalue weighted by Gasteiger charge is -2.01. The van der Waals surface area contributed by atoms with Gasteiger partial charge in [0.05, 0.1) is 19.0 Å². The van der Waals surface area contributed by atoms with E-state index in [1.165, 1.54) is 12.5 Å². The largest absolute Gasteiger partial charge is 0.467 e. The van der Waals surface area contributed by atoms with Gasteiger partial charge in [-0.3, -0.25) is 9.59 Å². The van der Waals surface area contributed by atoms with Crippen molar-refractivity contribution in [3.05, 3.63) is 70.3 Å². The predicted molar refractivity (Wildman–Crippen MR) is 100 cm³/mol. The normalized spacial score (nSPS) is 10.9. The summed E-state index contributed by atoms with van der Waals surface area (Å²) in [5, 5.41) is 7.06. The van der Waals surface area contributed by atoms with Gasteiger partial charge in [0.2, 0.25) is 0 Å². The van der Waals surface area contributed by atoms with Gasteiger partial charge in [-0.25, -0.2) is 5.43 Å². The lowest BCUT2D eigenvalue weighted by Crippen LogP contribution is -2.37. The molecular formula is C18H13Cl2N3O4. The highest BCUT2D eigenvalue weighted by molar-refractivity contribution is 6.35. The Bertz CT molecular complexity index is 960. The van der Waals surface area contributed by atoms with E-state index in [1.54, 1.807) is 42.5 Å². The van der Waals surface area contributed by atoms with Crippen molar-refractivity contribution in [3.63, 3.8) is 0 Å². The third-order valence-electron chi connectivity index (χ3n) is 3.34. The van der Waals surface area contributed by atoms with Crippen LogP contribution in [0.1, 0.15) is 11.5 Å². The van der Waals surface area contributed by atoms with Crippen LogP contribution in [0.15, 0.2) is 62.7 Å². The van der Waals surface area contributed by atoms with Crippen molar-refractivity contribution in [2.45, 2.75) is 6.54 Å². The number of carbonyl (C=O) groups is 2. The van der Waals surface area contributed by atoms with E-state index in [0.29, 0.717) is 32.9 Å². The number of halogens is 2. The minimum Gasteiger partial charge on any atom is -0.467 e. The van der Waals surface area contributed by atoms with E-state index in [4.69, 9.17) is 32.0 Å². The van der Waals surface area contributed by atoms with Crippen molar-refractivity contribution in [1.82, 2.24) is 10.7 Å². The minimum atomic E-state index is -0.911. The molecule has 3 rings (SSSR count). The molecule has 0 aliphatic carbocycles.